The quantitative estimate of drug-likeness (QED) is 0.534. The van der Waals surface area contributed by atoms with Gasteiger partial charge in [-0.25, -0.2) is 0 Å². The third kappa shape index (κ3) is 4.82. The third-order valence-electron chi connectivity index (χ3n) is 6.50. The molecule has 0 aliphatic carbocycles. The van der Waals surface area contributed by atoms with Crippen LogP contribution < -0.4 is 15.4 Å². The first-order valence-electron chi connectivity index (χ1n) is 11.1. The number of para-hydroxylation sites is 1. The lowest BCUT2D eigenvalue weighted by atomic mass is 9.66. The number of benzene rings is 3. The van der Waals surface area contributed by atoms with Crippen molar-refractivity contribution < 1.29 is 9.53 Å². The summed E-state index contributed by atoms with van der Waals surface area (Å²) in [6, 6.07) is 25.7. The number of hydrogen-bond donors (Lipinski definition) is 2. The number of ether oxygens (including phenoxy) is 1. The van der Waals surface area contributed by atoms with E-state index in [0.717, 1.165) is 37.4 Å². The molecule has 32 heavy (non-hydrogen) atoms. The van der Waals surface area contributed by atoms with E-state index in [0.29, 0.717) is 11.3 Å². The predicted molar refractivity (Wildman–Crippen MR) is 130 cm³/mol. The van der Waals surface area contributed by atoms with Crippen LogP contribution in [0.3, 0.4) is 0 Å². The molecule has 5 heteroatoms. The summed E-state index contributed by atoms with van der Waals surface area (Å²) >= 11 is 6.41. The molecule has 0 aromatic heterocycles. The maximum Gasteiger partial charge on any atom is 0.255 e. The molecule has 4 nitrogen and oxygen atoms in total. The number of amides is 1. The van der Waals surface area contributed by atoms with Crippen molar-refractivity contribution in [3.05, 3.63) is 101 Å². The average molecular weight is 449 g/mol. The van der Waals surface area contributed by atoms with Gasteiger partial charge in [0.25, 0.3) is 5.91 Å². The molecule has 1 atom stereocenters. The van der Waals surface area contributed by atoms with Gasteiger partial charge >= 0.3 is 0 Å². The first kappa shape index (κ1) is 22.4. The Labute approximate surface area is 195 Å². The number of nitrogens with one attached hydrogen (secondary N) is 2. The van der Waals surface area contributed by atoms with Crippen LogP contribution in [0.4, 0.5) is 0 Å². The normalized spacial score (nSPS) is 16.2. The van der Waals surface area contributed by atoms with Crippen LogP contribution >= 0.6 is 11.6 Å². The highest BCUT2D eigenvalue weighted by Gasteiger charge is 2.42. The Morgan fingerprint density at radius 3 is 2.47 bits per heavy atom. The van der Waals surface area contributed by atoms with Crippen molar-refractivity contribution in [3.63, 3.8) is 0 Å². The van der Waals surface area contributed by atoms with E-state index < -0.39 is 0 Å². The lowest BCUT2D eigenvalue weighted by molar-refractivity contribution is 0.0895. The fraction of sp³-hybridized carbons (Fsp3) is 0.296. The number of rotatable bonds is 7. The molecule has 0 saturated carbocycles. The summed E-state index contributed by atoms with van der Waals surface area (Å²) in [6.07, 6.45) is 2.56. The molecular formula is C27H29ClN2O2. The summed E-state index contributed by atoms with van der Waals surface area (Å²) in [5.74, 6) is 0.453. The minimum absolute atomic E-state index is 0.108. The Morgan fingerprint density at radius 2 is 1.75 bits per heavy atom. The molecule has 1 amide bonds. The van der Waals surface area contributed by atoms with Gasteiger partial charge in [0, 0.05) is 16.5 Å². The maximum atomic E-state index is 13.5. The topological polar surface area (TPSA) is 50.4 Å². The molecule has 0 spiro atoms. The van der Waals surface area contributed by atoms with Gasteiger partial charge in [-0.3, -0.25) is 4.79 Å². The van der Waals surface area contributed by atoms with Gasteiger partial charge in [-0.05, 0) is 67.7 Å². The van der Waals surface area contributed by atoms with E-state index in [1.165, 1.54) is 11.1 Å². The molecule has 1 aliphatic heterocycles. The molecule has 1 fully saturated rings. The van der Waals surface area contributed by atoms with Gasteiger partial charge in [0.2, 0.25) is 0 Å². The second-order valence-corrected chi connectivity index (χ2v) is 8.77. The number of piperidine rings is 1. The van der Waals surface area contributed by atoms with Gasteiger partial charge in [-0.15, -0.1) is 0 Å². The molecule has 4 rings (SSSR count). The highest BCUT2D eigenvalue weighted by Crippen LogP contribution is 2.39. The number of carbonyl (C=O) groups is 1. The Bertz CT molecular complexity index is 1050. The summed E-state index contributed by atoms with van der Waals surface area (Å²) in [5.41, 5.74) is 2.68. The molecule has 0 radical (unpaired) electrons. The highest BCUT2D eigenvalue weighted by molar-refractivity contribution is 6.30. The molecule has 166 valence electrons. The summed E-state index contributed by atoms with van der Waals surface area (Å²) in [7, 11) is 1.59. The molecule has 1 heterocycles. The minimum atomic E-state index is -0.232. The summed E-state index contributed by atoms with van der Waals surface area (Å²) in [6.45, 7) is 1.78. The van der Waals surface area contributed by atoms with Gasteiger partial charge in [-0.1, -0.05) is 66.2 Å². The van der Waals surface area contributed by atoms with Crippen LogP contribution in [0.15, 0.2) is 78.9 Å². The summed E-state index contributed by atoms with van der Waals surface area (Å²) < 4.78 is 5.45. The molecule has 3 aromatic carbocycles. The second kappa shape index (κ2) is 10.2. The largest absolute Gasteiger partial charge is 0.496 e. The molecule has 3 aromatic rings. The first-order valence-corrected chi connectivity index (χ1v) is 11.4. The number of methoxy groups -OCH3 is 1. The number of halogens is 1. The van der Waals surface area contributed by atoms with Crippen molar-refractivity contribution in [3.8, 4) is 5.75 Å². The zero-order valence-corrected chi connectivity index (χ0v) is 19.1. The molecule has 1 unspecified atom stereocenters. The van der Waals surface area contributed by atoms with E-state index in [9.17, 15) is 4.79 Å². The average Bonchev–Trinajstić information content (AvgIpc) is 2.84. The van der Waals surface area contributed by atoms with Crippen molar-refractivity contribution in [2.75, 3.05) is 20.2 Å². The number of hydrogen-bond acceptors (Lipinski definition) is 3. The fourth-order valence-corrected chi connectivity index (χ4v) is 5.00. The van der Waals surface area contributed by atoms with Crippen LogP contribution in [0.5, 0.6) is 5.75 Å². The van der Waals surface area contributed by atoms with Gasteiger partial charge < -0.3 is 15.4 Å². The molecular weight excluding hydrogens is 420 g/mol. The Balaban J connectivity index is 1.75. The van der Waals surface area contributed by atoms with Gasteiger partial charge in [0.1, 0.15) is 5.75 Å². The molecule has 2 N–H and O–H groups in total. The third-order valence-corrected chi connectivity index (χ3v) is 6.74. The fourth-order valence-electron chi connectivity index (χ4n) is 4.81. The Hall–Kier alpha value is -2.82. The van der Waals surface area contributed by atoms with Crippen LogP contribution in [0.25, 0.3) is 0 Å². The monoisotopic (exact) mass is 448 g/mol. The smallest absolute Gasteiger partial charge is 0.255 e. The lowest BCUT2D eigenvalue weighted by Gasteiger charge is -2.45. The molecule has 1 saturated heterocycles. The van der Waals surface area contributed by atoms with Crippen LogP contribution in [0, 0.1) is 0 Å². The molecule has 1 aliphatic rings. The van der Waals surface area contributed by atoms with Gasteiger partial charge in [-0.2, -0.15) is 0 Å². The predicted octanol–water partition coefficient (Wildman–Crippen LogP) is 5.01. The van der Waals surface area contributed by atoms with E-state index in [-0.39, 0.29) is 17.4 Å². The van der Waals surface area contributed by atoms with Crippen LogP contribution in [0.2, 0.25) is 5.02 Å². The van der Waals surface area contributed by atoms with Crippen molar-refractivity contribution >= 4 is 17.5 Å². The van der Waals surface area contributed by atoms with Crippen LogP contribution in [-0.4, -0.2) is 32.1 Å². The minimum Gasteiger partial charge on any atom is -0.496 e. The Kier molecular flexibility index (Phi) is 7.13. The Morgan fingerprint density at radius 1 is 1.03 bits per heavy atom. The van der Waals surface area contributed by atoms with Crippen LogP contribution in [-0.2, 0) is 11.8 Å². The maximum absolute atomic E-state index is 13.5. The SMILES string of the molecule is COc1ccccc1C(=O)NC(Cc1ccccc1)C1(c2cccc(Cl)c2)CCNCC1. The van der Waals surface area contributed by atoms with E-state index in [1.54, 1.807) is 7.11 Å². The van der Waals surface area contributed by atoms with E-state index in [1.807, 2.05) is 54.6 Å². The van der Waals surface area contributed by atoms with Crippen molar-refractivity contribution in [1.82, 2.24) is 10.6 Å². The zero-order chi connectivity index (χ0) is 22.4. The van der Waals surface area contributed by atoms with E-state index in [2.05, 4.69) is 34.9 Å². The van der Waals surface area contributed by atoms with E-state index in [4.69, 9.17) is 16.3 Å². The van der Waals surface area contributed by atoms with Crippen molar-refractivity contribution in [1.29, 1.82) is 0 Å². The standard InChI is InChI=1S/C27H29ClN2O2/c1-32-24-13-6-5-12-23(24)26(31)30-25(18-20-8-3-2-4-9-20)27(14-16-29-17-15-27)21-10-7-11-22(28)19-21/h2-13,19,25,29H,14-18H2,1H3,(H,30,31). The van der Waals surface area contributed by atoms with Crippen molar-refractivity contribution in [2.45, 2.75) is 30.7 Å². The zero-order valence-electron chi connectivity index (χ0n) is 18.3. The van der Waals surface area contributed by atoms with Gasteiger partial charge in [0.15, 0.2) is 0 Å². The van der Waals surface area contributed by atoms with Crippen molar-refractivity contribution in [2.24, 2.45) is 0 Å². The molecule has 0 bridgehead atoms. The van der Waals surface area contributed by atoms with Crippen LogP contribution in [0.1, 0.15) is 34.3 Å². The highest BCUT2D eigenvalue weighted by atomic mass is 35.5. The summed E-state index contributed by atoms with van der Waals surface area (Å²) in [5, 5.41) is 7.59. The van der Waals surface area contributed by atoms with Gasteiger partial charge in [0.05, 0.1) is 12.7 Å². The lowest BCUT2D eigenvalue weighted by Crippen LogP contribution is -2.56. The summed E-state index contributed by atoms with van der Waals surface area (Å²) in [4.78, 5) is 13.5. The van der Waals surface area contributed by atoms with E-state index >= 15 is 0 Å². The number of carbonyl (C=O) groups excluding carboxylic acids is 1. The first-order chi connectivity index (χ1) is 15.6. The second-order valence-electron chi connectivity index (χ2n) is 8.33.